The molecule has 0 aromatic heterocycles. The second-order valence-electron chi connectivity index (χ2n) is 12.2. The lowest BCUT2D eigenvalue weighted by molar-refractivity contribution is -0.127. The van der Waals surface area contributed by atoms with Crippen molar-refractivity contribution in [3.8, 4) is 6.07 Å². The molecule has 49 heavy (non-hydrogen) atoms. The fraction of sp³-hybridized carbons (Fsp3) is 0.195. The third kappa shape index (κ3) is 6.65. The minimum atomic E-state index is -4.15. The van der Waals surface area contributed by atoms with Crippen molar-refractivity contribution in [2.45, 2.75) is 34.9 Å². The number of nitrogens with zero attached hydrogens (tertiary/aromatic N) is 2. The molecular weight excluding hydrogens is 696 g/mol. The number of benzene rings is 5. The summed E-state index contributed by atoms with van der Waals surface area (Å²) in [5, 5.41) is 11.0. The first kappa shape index (κ1) is 34.5. The molecule has 3 atom stereocenters. The van der Waals surface area contributed by atoms with Crippen molar-refractivity contribution < 1.29 is 17.3 Å². The molecule has 0 spiro atoms. The van der Waals surface area contributed by atoms with Gasteiger partial charge in [0, 0.05) is 23.0 Å². The van der Waals surface area contributed by atoms with Crippen molar-refractivity contribution in [1.82, 2.24) is 4.90 Å². The van der Waals surface area contributed by atoms with Crippen LogP contribution < -0.4 is 0 Å². The second kappa shape index (κ2) is 14.6. The van der Waals surface area contributed by atoms with Gasteiger partial charge >= 0.3 is 0 Å². The standard InChI is InChI=1S/C41H37BrN2O4S/c1-3-27-44-38(28-47-41(33-13-7-4-8-14-33,34-15-9-5-10-16-34)35-17-11-6-12-18-35)39(32-21-23-36(42)24-22-32)40(44,29-43)30-48-49(45,46)37-25-19-31(2)20-26-37/h3-26,38-39H,1,27-28,30H2,2H3/t38-,39-,40-/m1/s1. The first-order valence-electron chi connectivity index (χ1n) is 16.1. The highest BCUT2D eigenvalue weighted by atomic mass is 79.9. The largest absolute Gasteiger partial charge is 0.359 e. The van der Waals surface area contributed by atoms with Crippen LogP contribution in [-0.4, -0.2) is 44.7 Å². The number of ether oxygens (including phenoxy) is 1. The lowest BCUT2D eigenvalue weighted by Gasteiger charge is -2.60. The molecule has 8 heteroatoms. The monoisotopic (exact) mass is 732 g/mol. The zero-order chi connectivity index (χ0) is 34.5. The van der Waals surface area contributed by atoms with Crippen LogP contribution >= 0.6 is 15.9 Å². The van der Waals surface area contributed by atoms with Crippen LogP contribution in [0, 0.1) is 18.3 Å². The molecule has 0 amide bonds. The first-order valence-corrected chi connectivity index (χ1v) is 18.3. The summed E-state index contributed by atoms with van der Waals surface area (Å²) < 4.78 is 40.7. The summed E-state index contributed by atoms with van der Waals surface area (Å²) in [5.41, 5.74) is 2.37. The normalized spacial score (nSPS) is 19.4. The molecule has 0 aliphatic carbocycles. The number of rotatable bonds is 13. The van der Waals surface area contributed by atoms with Gasteiger partial charge < -0.3 is 4.74 Å². The Morgan fingerprint density at radius 3 is 1.82 bits per heavy atom. The Kier molecular flexibility index (Phi) is 10.3. The Bertz CT molecular complexity index is 1920. The van der Waals surface area contributed by atoms with Crippen LogP contribution in [0.15, 0.2) is 162 Å². The molecule has 5 aromatic carbocycles. The zero-order valence-electron chi connectivity index (χ0n) is 27.2. The second-order valence-corrected chi connectivity index (χ2v) is 14.7. The summed E-state index contributed by atoms with van der Waals surface area (Å²) in [4.78, 5) is 2.00. The van der Waals surface area contributed by atoms with E-state index in [4.69, 9.17) is 8.92 Å². The third-order valence-electron chi connectivity index (χ3n) is 9.32. The van der Waals surface area contributed by atoms with Gasteiger partial charge in [-0.2, -0.15) is 13.7 Å². The van der Waals surface area contributed by atoms with E-state index in [2.05, 4.69) is 65.0 Å². The lowest BCUT2D eigenvalue weighted by atomic mass is 9.65. The Morgan fingerprint density at radius 2 is 1.35 bits per heavy atom. The smallest absolute Gasteiger partial charge is 0.297 e. The molecule has 6 rings (SSSR count). The summed E-state index contributed by atoms with van der Waals surface area (Å²) in [6.07, 6.45) is 1.73. The fourth-order valence-corrected chi connectivity index (χ4v) is 8.14. The van der Waals surface area contributed by atoms with Gasteiger partial charge in [-0.3, -0.25) is 9.08 Å². The molecule has 1 heterocycles. The Labute approximate surface area is 297 Å². The van der Waals surface area contributed by atoms with E-state index >= 15 is 0 Å². The van der Waals surface area contributed by atoms with Crippen molar-refractivity contribution in [3.05, 3.63) is 184 Å². The molecule has 0 saturated carbocycles. The van der Waals surface area contributed by atoms with Gasteiger partial charge in [0.25, 0.3) is 10.1 Å². The van der Waals surface area contributed by atoms with E-state index in [9.17, 15) is 13.7 Å². The summed E-state index contributed by atoms with van der Waals surface area (Å²) in [5.74, 6) is -0.459. The molecule has 1 aliphatic rings. The van der Waals surface area contributed by atoms with Crippen LogP contribution in [0.25, 0.3) is 0 Å². The Balaban J connectivity index is 1.43. The summed E-state index contributed by atoms with van der Waals surface area (Å²) in [6.45, 7) is 6.03. The number of hydrogen-bond donors (Lipinski definition) is 0. The SMILES string of the molecule is C=CCN1[C@H](COC(c2ccccc2)(c2ccccc2)c2ccccc2)[C@@H](c2ccc(Br)cc2)[C@@]1(C#N)COS(=O)(=O)c1ccc(C)cc1. The molecule has 5 aromatic rings. The van der Waals surface area contributed by atoms with Crippen molar-refractivity contribution in [2.24, 2.45) is 0 Å². The zero-order valence-corrected chi connectivity index (χ0v) is 29.6. The third-order valence-corrected chi connectivity index (χ3v) is 11.1. The van der Waals surface area contributed by atoms with Gasteiger partial charge in [-0.25, -0.2) is 0 Å². The van der Waals surface area contributed by atoms with Gasteiger partial charge in [0.1, 0.15) is 11.1 Å². The maximum absolute atomic E-state index is 13.4. The summed E-state index contributed by atoms with van der Waals surface area (Å²) in [6, 6.07) is 46.8. The average Bonchev–Trinajstić information content (AvgIpc) is 3.13. The molecule has 0 bridgehead atoms. The number of aryl methyl sites for hydroxylation is 1. The van der Waals surface area contributed by atoms with Crippen molar-refractivity contribution in [3.63, 3.8) is 0 Å². The van der Waals surface area contributed by atoms with Gasteiger partial charge in [-0.15, -0.1) is 6.58 Å². The summed E-state index contributed by atoms with van der Waals surface area (Å²) in [7, 11) is -4.15. The van der Waals surface area contributed by atoms with Gasteiger partial charge in [0.05, 0.1) is 24.2 Å². The Hall–Kier alpha value is -4.36. The average molecular weight is 734 g/mol. The number of likely N-dealkylation sites (tertiary alicyclic amines) is 1. The van der Waals surface area contributed by atoms with Crippen LogP contribution in [0.2, 0.25) is 0 Å². The topological polar surface area (TPSA) is 79.6 Å². The molecule has 0 radical (unpaired) electrons. The van der Waals surface area contributed by atoms with Crippen LogP contribution in [0.4, 0.5) is 0 Å². The number of hydrogen-bond acceptors (Lipinski definition) is 6. The molecule has 1 aliphatic heterocycles. The number of nitriles is 1. The molecule has 0 N–H and O–H groups in total. The molecule has 6 nitrogen and oxygen atoms in total. The fourth-order valence-electron chi connectivity index (χ4n) is 6.94. The van der Waals surface area contributed by atoms with E-state index in [0.29, 0.717) is 6.54 Å². The predicted molar refractivity (Wildman–Crippen MR) is 195 cm³/mol. The minimum Gasteiger partial charge on any atom is -0.359 e. The van der Waals surface area contributed by atoms with Crippen molar-refractivity contribution in [1.29, 1.82) is 5.26 Å². The molecular formula is C41H37BrN2O4S. The highest BCUT2D eigenvalue weighted by Crippen LogP contribution is 2.51. The quantitative estimate of drug-likeness (QED) is 0.0688. The van der Waals surface area contributed by atoms with Crippen molar-refractivity contribution >= 4 is 26.0 Å². The maximum Gasteiger partial charge on any atom is 0.297 e. The van der Waals surface area contributed by atoms with E-state index in [1.165, 1.54) is 12.1 Å². The molecule has 0 unspecified atom stereocenters. The first-order chi connectivity index (χ1) is 23.7. The maximum atomic E-state index is 13.4. The van der Waals surface area contributed by atoms with Crippen LogP contribution in [0.5, 0.6) is 0 Å². The van der Waals surface area contributed by atoms with Crippen molar-refractivity contribution in [2.75, 3.05) is 19.8 Å². The molecule has 248 valence electrons. The minimum absolute atomic E-state index is 0.0409. The highest BCUT2D eigenvalue weighted by molar-refractivity contribution is 9.10. The molecule has 1 saturated heterocycles. The lowest BCUT2D eigenvalue weighted by Crippen LogP contribution is -2.74. The Morgan fingerprint density at radius 1 is 0.837 bits per heavy atom. The van der Waals surface area contributed by atoms with E-state index in [-0.39, 0.29) is 24.2 Å². The van der Waals surface area contributed by atoms with Gasteiger partial charge in [-0.1, -0.05) is 143 Å². The van der Waals surface area contributed by atoms with Crippen LogP contribution in [0.3, 0.4) is 0 Å². The predicted octanol–water partition coefficient (Wildman–Crippen LogP) is 8.39. The van der Waals surface area contributed by atoms with Crippen LogP contribution in [0.1, 0.15) is 33.7 Å². The van der Waals surface area contributed by atoms with Gasteiger partial charge in [0.2, 0.25) is 0 Å². The van der Waals surface area contributed by atoms with Crippen LogP contribution in [-0.2, 0) is 24.6 Å². The van der Waals surface area contributed by atoms with E-state index in [1.54, 1.807) is 18.2 Å². The van der Waals surface area contributed by atoms with E-state index in [0.717, 1.165) is 32.3 Å². The van der Waals surface area contributed by atoms with E-state index < -0.39 is 27.2 Å². The van der Waals surface area contributed by atoms with Gasteiger partial charge in [0.15, 0.2) is 0 Å². The summed E-state index contributed by atoms with van der Waals surface area (Å²) >= 11 is 3.54. The van der Waals surface area contributed by atoms with Gasteiger partial charge in [-0.05, 0) is 53.4 Å². The highest BCUT2D eigenvalue weighted by Gasteiger charge is 2.62. The number of halogens is 1. The van der Waals surface area contributed by atoms with E-state index in [1.807, 2.05) is 90.7 Å². The molecule has 1 fully saturated rings.